The van der Waals surface area contributed by atoms with Gasteiger partial charge in [-0.15, -0.1) is 0 Å². The number of benzene rings is 1. The molecule has 0 spiro atoms. The molecule has 3 unspecified atom stereocenters. The van der Waals surface area contributed by atoms with Crippen LogP contribution in [-0.4, -0.2) is 82.4 Å². The van der Waals surface area contributed by atoms with E-state index in [2.05, 4.69) is 24.1 Å². The van der Waals surface area contributed by atoms with Crippen molar-refractivity contribution in [1.82, 2.24) is 14.9 Å². The van der Waals surface area contributed by atoms with Crippen LogP contribution in [0.3, 0.4) is 0 Å². The molecule has 3 aliphatic rings. The molecule has 230 valence electrons. The lowest BCUT2D eigenvalue weighted by Gasteiger charge is -2.33. The number of fused-ring (bicyclic) bond motifs is 3. The van der Waals surface area contributed by atoms with E-state index in [-0.39, 0.29) is 41.2 Å². The van der Waals surface area contributed by atoms with Crippen molar-refractivity contribution in [2.45, 2.75) is 85.0 Å². The molecule has 2 aromatic rings. The van der Waals surface area contributed by atoms with Gasteiger partial charge in [0.25, 0.3) is 5.91 Å². The molecule has 0 radical (unpaired) electrons. The van der Waals surface area contributed by atoms with Crippen LogP contribution in [0.4, 0.5) is 16.0 Å². The second-order valence-electron chi connectivity index (χ2n) is 12.0. The number of rotatable bonds is 7. The van der Waals surface area contributed by atoms with Gasteiger partial charge in [-0.1, -0.05) is 26.3 Å². The molecule has 10 nitrogen and oxygen atoms in total. The number of carbonyl (C=O) groups excluding carboxylic acids is 2. The van der Waals surface area contributed by atoms with E-state index in [1.165, 1.54) is 25.5 Å². The van der Waals surface area contributed by atoms with E-state index in [9.17, 15) is 14.0 Å². The molecule has 2 bridgehead atoms. The summed E-state index contributed by atoms with van der Waals surface area (Å²) in [4.78, 5) is 38.3. The predicted octanol–water partition coefficient (Wildman–Crippen LogP) is 4.66. The number of halogens is 1. The van der Waals surface area contributed by atoms with Crippen LogP contribution >= 0.6 is 0 Å². The largest absolute Gasteiger partial charge is 0.469 e. The molecular weight excluding hydrogens is 541 g/mol. The van der Waals surface area contributed by atoms with E-state index >= 15 is 0 Å². The third kappa shape index (κ3) is 7.36. The standard InChI is InChI=1S/C25H30FN5O4.C6H14O/c1-5-30-13-25(3,4)35-22-20(23(30)33)21(15-6-9-19(18(26)10-15)27-14(2)32)28-24(29-22)31-11-16-7-8-17(12-31)34-16;1-3-4-6(2)5-7/h6,9-10,16-17H,5,7-8,11-13H2,1-4H3,(H,27,32);6-7H,3-5H2,1-2H3. The van der Waals surface area contributed by atoms with Gasteiger partial charge >= 0.3 is 0 Å². The first-order valence-electron chi connectivity index (χ1n) is 14.9. The summed E-state index contributed by atoms with van der Waals surface area (Å²) in [5, 5.41) is 10.9. The van der Waals surface area contributed by atoms with Crippen LogP contribution < -0.4 is 15.0 Å². The summed E-state index contributed by atoms with van der Waals surface area (Å²) in [6.07, 6.45) is 4.54. The Morgan fingerprint density at radius 2 is 1.90 bits per heavy atom. The number of anilines is 2. The van der Waals surface area contributed by atoms with Gasteiger partial charge in [0, 0.05) is 38.7 Å². The topological polar surface area (TPSA) is 117 Å². The monoisotopic (exact) mass is 585 g/mol. The second kappa shape index (κ2) is 13.3. The number of aliphatic hydroxyl groups is 1. The quantitative estimate of drug-likeness (QED) is 0.482. The molecule has 1 aromatic carbocycles. The van der Waals surface area contributed by atoms with Crippen molar-refractivity contribution in [2.24, 2.45) is 5.92 Å². The van der Waals surface area contributed by atoms with E-state index < -0.39 is 11.4 Å². The molecule has 2 N–H and O–H groups in total. The highest BCUT2D eigenvalue weighted by Crippen LogP contribution is 2.38. The molecule has 11 heteroatoms. The fourth-order valence-electron chi connectivity index (χ4n) is 5.60. The third-order valence-electron chi connectivity index (χ3n) is 7.66. The van der Waals surface area contributed by atoms with Gasteiger partial charge in [0.15, 0.2) is 0 Å². The van der Waals surface area contributed by atoms with Gasteiger partial charge in [0.05, 0.1) is 30.1 Å². The highest BCUT2D eigenvalue weighted by Gasteiger charge is 2.39. The van der Waals surface area contributed by atoms with Gasteiger partial charge < -0.3 is 29.7 Å². The zero-order valence-corrected chi connectivity index (χ0v) is 25.6. The maximum absolute atomic E-state index is 14.9. The van der Waals surface area contributed by atoms with Crippen molar-refractivity contribution < 1.29 is 28.6 Å². The smallest absolute Gasteiger partial charge is 0.261 e. The van der Waals surface area contributed by atoms with Gasteiger partial charge in [-0.2, -0.15) is 4.98 Å². The Morgan fingerprint density at radius 3 is 2.45 bits per heavy atom. The zero-order chi connectivity index (χ0) is 30.6. The molecular formula is C31H44FN5O5. The van der Waals surface area contributed by atoms with Crippen molar-refractivity contribution in [3.8, 4) is 17.1 Å². The lowest BCUT2D eigenvalue weighted by Crippen LogP contribution is -2.43. The normalized spacial score (nSPS) is 21.5. The third-order valence-corrected chi connectivity index (χ3v) is 7.66. The van der Waals surface area contributed by atoms with Crippen LogP contribution in [0, 0.1) is 11.7 Å². The number of aromatic nitrogens is 2. The fraction of sp³-hybridized carbons (Fsp3) is 0.613. The number of likely N-dealkylation sites (N-methyl/N-ethyl adjacent to an activating group) is 1. The van der Waals surface area contributed by atoms with E-state index in [0.29, 0.717) is 55.9 Å². The summed E-state index contributed by atoms with van der Waals surface area (Å²) in [6, 6.07) is 4.39. The van der Waals surface area contributed by atoms with Gasteiger partial charge in [-0.3, -0.25) is 9.59 Å². The molecule has 3 atom stereocenters. The molecule has 3 aliphatic heterocycles. The SMILES string of the molecule is CCCC(C)CO.CCN1CC(C)(C)Oc2nc(N3CC4CCC(C3)O4)nc(-c3ccc(NC(C)=O)c(F)c3)c2C1=O. The average Bonchev–Trinajstić information content (AvgIpc) is 3.23. The number of amides is 2. The Labute approximate surface area is 247 Å². The summed E-state index contributed by atoms with van der Waals surface area (Å²) in [5.41, 5.74) is 0.303. The minimum absolute atomic E-state index is 0.0604. The lowest BCUT2D eigenvalue weighted by molar-refractivity contribution is -0.114. The lowest BCUT2D eigenvalue weighted by atomic mass is 10.0. The van der Waals surface area contributed by atoms with E-state index in [1.807, 2.05) is 20.8 Å². The Morgan fingerprint density at radius 1 is 1.21 bits per heavy atom. The molecule has 2 saturated heterocycles. The Kier molecular flexibility index (Phi) is 10.0. The number of aliphatic hydroxyl groups excluding tert-OH is 1. The second-order valence-corrected chi connectivity index (χ2v) is 12.0. The van der Waals surface area contributed by atoms with E-state index in [0.717, 1.165) is 19.3 Å². The summed E-state index contributed by atoms with van der Waals surface area (Å²) in [6.45, 7) is 13.7. The van der Waals surface area contributed by atoms with Gasteiger partial charge in [0.2, 0.25) is 17.7 Å². The van der Waals surface area contributed by atoms with Crippen molar-refractivity contribution >= 4 is 23.5 Å². The summed E-state index contributed by atoms with van der Waals surface area (Å²) in [5.74, 6) is -0.125. The maximum atomic E-state index is 14.9. The van der Waals surface area contributed by atoms with Crippen LogP contribution in [0.5, 0.6) is 5.88 Å². The van der Waals surface area contributed by atoms with E-state index in [1.54, 1.807) is 11.0 Å². The number of carbonyl (C=O) groups is 2. The van der Waals surface area contributed by atoms with E-state index in [4.69, 9.17) is 24.5 Å². The minimum Gasteiger partial charge on any atom is -0.469 e. The number of hydrogen-bond donors (Lipinski definition) is 2. The minimum atomic E-state index is -0.676. The molecule has 42 heavy (non-hydrogen) atoms. The highest BCUT2D eigenvalue weighted by atomic mass is 19.1. The number of morpholine rings is 1. The number of nitrogens with one attached hydrogen (secondary N) is 1. The number of hydrogen-bond acceptors (Lipinski definition) is 8. The highest BCUT2D eigenvalue weighted by molar-refractivity contribution is 6.03. The van der Waals surface area contributed by atoms with Crippen molar-refractivity contribution in [2.75, 3.05) is 43.0 Å². The Bertz CT molecular complexity index is 1280. The molecule has 4 heterocycles. The molecule has 1 aromatic heterocycles. The summed E-state index contributed by atoms with van der Waals surface area (Å²) in [7, 11) is 0. The van der Waals surface area contributed by atoms with Crippen LogP contribution in [-0.2, 0) is 9.53 Å². The molecule has 5 rings (SSSR count). The zero-order valence-electron chi connectivity index (χ0n) is 25.6. The average molecular weight is 586 g/mol. The van der Waals surface area contributed by atoms with Crippen molar-refractivity contribution in [3.05, 3.63) is 29.6 Å². The Balaban J connectivity index is 0.000000517. The summed E-state index contributed by atoms with van der Waals surface area (Å²) < 4.78 is 27.2. The summed E-state index contributed by atoms with van der Waals surface area (Å²) >= 11 is 0. The Hall–Kier alpha value is -3.31. The maximum Gasteiger partial charge on any atom is 0.261 e. The predicted molar refractivity (Wildman–Crippen MR) is 159 cm³/mol. The first-order chi connectivity index (χ1) is 19.9. The molecule has 2 fully saturated rings. The first-order valence-corrected chi connectivity index (χ1v) is 14.9. The first kappa shape index (κ1) is 31.6. The van der Waals surface area contributed by atoms with Crippen LogP contribution in [0.2, 0.25) is 0 Å². The van der Waals surface area contributed by atoms with Gasteiger partial charge in [-0.05, 0) is 58.1 Å². The molecule has 0 saturated carbocycles. The molecule has 2 amide bonds. The van der Waals surface area contributed by atoms with Crippen LogP contribution in [0.15, 0.2) is 18.2 Å². The fourth-order valence-corrected chi connectivity index (χ4v) is 5.60. The van der Waals surface area contributed by atoms with Gasteiger partial charge in [0.1, 0.15) is 17.0 Å². The number of ether oxygens (including phenoxy) is 2. The van der Waals surface area contributed by atoms with Crippen molar-refractivity contribution in [3.63, 3.8) is 0 Å². The van der Waals surface area contributed by atoms with Crippen LogP contribution in [0.25, 0.3) is 11.3 Å². The molecule has 0 aliphatic carbocycles. The van der Waals surface area contributed by atoms with Crippen LogP contribution in [0.1, 0.15) is 77.6 Å². The van der Waals surface area contributed by atoms with Crippen molar-refractivity contribution in [1.29, 1.82) is 0 Å². The number of nitrogens with zero attached hydrogens (tertiary/aromatic N) is 4. The van der Waals surface area contributed by atoms with Gasteiger partial charge in [-0.25, -0.2) is 9.37 Å².